The van der Waals surface area contributed by atoms with Gasteiger partial charge in [0, 0.05) is 168 Å². The average molecular weight is 1790 g/mol. The molecular weight excluding hydrogens is 1580 g/mol. The number of hydrogen-bond donors (Lipinski definition) is 0. The lowest BCUT2D eigenvalue weighted by Crippen LogP contribution is -2.46. The number of aryl methyl sites for hydroxylation is 4. The number of imidazole rings is 1. The van der Waals surface area contributed by atoms with Gasteiger partial charge in [-0.3, -0.25) is 14.3 Å². The number of aromatic nitrogens is 10. The zero-order valence-electron chi connectivity index (χ0n) is 90.7. The lowest BCUT2D eigenvalue weighted by atomic mass is 9.82. The smallest absolute Gasteiger partial charge is 0.120 e. The van der Waals surface area contributed by atoms with Crippen molar-refractivity contribution < 1.29 is 8.78 Å². The highest BCUT2D eigenvalue weighted by atomic mass is 19.1. The van der Waals surface area contributed by atoms with Gasteiger partial charge < -0.3 is 43.4 Å². The summed E-state index contributed by atoms with van der Waals surface area (Å²) in [5.74, 6) is 4.68. The minimum absolute atomic E-state index is 0.422. The first-order chi connectivity index (χ1) is 59.1. The van der Waals surface area contributed by atoms with Gasteiger partial charge in [0.05, 0.1) is 23.9 Å². The number of nitrogens with zero attached hydrogens (tertiary/aromatic N) is 18. The summed E-state index contributed by atoms with van der Waals surface area (Å²) in [5.41, 5.74) is 3.39. The third-order valence-electron chi connectivity index (χ3n) is 26.3. The molecule has 0 aliphatic carbocycles. The molecule has 8 fully saturated rings. The fourth-order valence-electron chi connectivity index (χ4n) is 16.6. The Labute approximate surface area is 785 Å². The van der Waals surface area contributed by atoms with E-state index in [9.17, 15) is 8.78 Å². The molecule has 13 heterocycles. The number of likely N-dealkylation sites (tertiary alicyclic amines) is 8. The van der Waals surface area contributed by atoms with Crippen molar-refractivity contribution in [3.63, 3.8) is 0 Å². The summed E-state index contributed by atoms with van der Waals surface area (Å²) in [6.45, 7) is 105. The molecule has 127 heavy (non-hydrogen) atoms. The van der Waals surface area contributed by atoms with Crippen LogP contribution in [0, 0.1) is 62.7 Å². The Morgan fingerprint density at radius 3 is 0.929 bits per heavy atom. The second kappa shape index (κ2) is 63.7. The van der Waals surface area contributed by atoms with Gasteiger partial charge in [-0.2, -0.15) is 10.2 Å². The van der Waals surface area contributed by atoms with Crippen molar-refractivity contribution in [2.45, 2.75) is 463 Å². The first-order valence-electron chi connectivity index (χ1n) is 51.5. The maximum Gasteiger partial charge on any atom is 0.120 e. The van der Waals surface area contributed by atoms with Crippen molar-refractivity contribution in [3.8, 4) is 0 Å². The van der Waals surface area contributed by atoms with Crippen LogP contribution in [-0.4, -0.2) is 252 Å². The predicted molar refractivity (Wildman–Crippen MR) is 548 cm³/mol. The van der Waals surface area contributed by atoms with Crippen molar-refractivity contribution in [2.24, 2.45) is 35.0 Å². The molecule has 5 aromatic rings. The van der Waals surface area contributed by atoms with Crippen LogP contribution < -0.4 is 0 Å². The number of hydrogen-bond acceptors (Lipinski definition) is 13. The molecule has 8 saturated heterocycles. The monoisotopic (exact) mass is 1790 g/mol. The molecule has 742 valence electrons. The molecule has 20 heteroatoms. The molecule has 0 N–H and O–H groups in total. The third kappa shape index (κ3) is 55.8. The molecule has 0 amide bonds. The molecule has 0 aromatic carbocycles. The first-order valence-corrected chi connectivity index (χ1v) is 51.5. The molecule has 0 bridgehead atoms. The summed E-state index contributed by atoms with van der Waals surface area (Å²) in [6.07, 6.45) is 37.8. The van der Waals surface area contributed by atoms with Gasteiger partial charge in [-0.05, 0) is 441 Å². The Bertz CT molecular complexity index is 3060. The van der Waals surface area contributed by atoms with Gasteiger partial charge in [-0.25, -0.2) is 18.4 Å². The van der Waals surface area contributed by atoms with Gasteiger partial charge in [0.1, 0.15) is 11.3 Å². The van der Waals surface area contributed by atoms with Gasteiger partial charge >= 0.3 is 0 Å². The van der Waals surface area contributed by atoms with Crippen LogP contribution in [0.25, 0.3) is 0 Å². The molecule has 5 atom stereocenters. The van der Waals surface area contributed by atoms with E-state index in [0.717, 1.165) is 110 Å². The molecule has 8 aliphatic heterocycles. The topological polar surface area (TPSA) is 115 Å². The van der Waals surface area contributed by atoms with E-state index in [1.165, 1.54) is 167 Å². The number of rotatable bonds is 13. The highest BCUT2D eigenvalue weighted by molar-refractivity contribution is 5.07. The van der Waals surface area contributed by atoms with E-state index in [1.807, 2.05) is 78.2 Å². The lowest BCUT2D eigenvalue weighted by Gasteiger charge is -2.38. The summed E-state index contributed by atoms with van der Waals surface area (Å²) in [6, 6.07) is 12.2. The van der Waals surface area contributed by atoms with Gasteiger partial charge in [-0.15, -0.1) is 5.10 Å². The highest BCUT2D eigenvalue weighted by Gasteiger charge is 2.33. The zero-order chi connectivity index (χ0) is 96.6. The van der Waals surface area contributed by atoms with Gasteiger partial charge in [-0.1, -0.05) is 53.7 Å². The molecule has 0 saturated carbocycles. The Kier molecular flexibility index (Phi) is 60.5. The van der Waals surface area contributed by atoms with Crippen LogP contribution >= 0.6 is 0 Å². The fraction of sp³-hybridized carbons (Fsp3) is 0.860. The quantitative estimate of drug-likeness (QED) is 0.112. The number of piperidine rings is 8. The van der Waals surface area contributed by atoms with Crippen molar-refractivity contribution in [1.82, 2.24) is 87.9 Å². The Morgan fingerprint density at radius 1 is 0.323 bits per heavy atom. The molecular formula is C107H210F2N18. The Balaban J connectivity index is 0.000000688. The van der Waals surface area contributed by atoms with Crippen LogP contribution in [0.5, 0.6) is 0 Å². The SMILES string of the molecule is CC(C)N1CCC(C)(C)CC1.CC(C)N1CCC(C)(F)CC1.CC(C)N1CCCC(C)(F)C1.CC(C)N1CCC[C@@H](C)C1.CC(C)N1CCC[C@@H](C)C1.CC(C)N1CCC[C@H](C)C1.CC(C)N1CCC[C@H](C)C1.CC(C)n1cccn1.CC1CCN(C(C)C)CC1.Cc1ccn(C(C)C)c1.Cc1cn(C(C)C)cn1.Cc1cn(C(C)C)nn1.Cc1cnn(C(C)C)c1. The number of halogens is 2. The highest BCUT2D eigenvalue weighted by Crippen LogP contribution is 2.32. The molecule has 1 unspecified atom stereocenters. The minimum atomic E-state index is -0.942. The molecule has 5 aromatic heterocycles. The van der Waals surface area contributed by atoms with Crippen LogP contribution in [-0.2, 0) is 0 Å². The lowest BCUT2D eigenvalue weighted by molar-refractivity contribution is 0.0435. The maximum atomic E-state index is 13.4. The summed E-state index contributed by atoms with van der Waals surface area (Å²) >= 11 is 0. The van der Waals surface area contributed by atoms with Crippen molar-refractivity contribution in [3.05, 3.63) is 90.5 Å². The zero-order valence-corrected chi connectivity index (χ0v) is 90.7. The van der Waals surface area contributed by atoms with E-state index >= 15 is 0 Å². The molecule has 0 spiro atoms. The minimum Gasteiger partial charge on any atom is -0.352 e. The standard InChI is InChI=1S/C10H21N.2C9H18FN.5C9H19N.C8H13N.2C7H12N2.C6H11N3.C6H10N2/c1-9(2)11-7-5-10(3,4)6-8-11;1-8(2)11-6-4-9(3,10)5-7-11;1-8(2)11-6-4-5-9(3,10)7-11;1-8(2)10-6-4-9(3)5-7-10;4*1-8(2)10-6-4-5-9(3)7-10;1-7(2)9-5-4-8(3)6-9;1-6(2)9-4-7(3)8-5-9;1-6(2)9-5-7(3)4-8-9;1-5(2)9-4-6(3)7-8-9;1-6(2)8-5-3-4-7-8/h9H,5-8H2,1-4H3;2*8H,4-7H2,1-3H3;5*8-9H,4-7H2,1-3H3;4-7H,1-3H3;2*4-6H,1-3H3;4-5H,1-3H3;3-6H,1-2H3/t;;;;4*9-;;;;;/m....1100...../s1. The van der Waals surface area contributed by atoms with E-state index in [4.69, 9.17) is 0 Å². The van der Waals surface area contributed by atoms with Crippen LogP contribution in [0.2, 0.25) is 0 Å². The third-order valence-corrected chi connectivity index (χ3v) is 26.3. The van der Waals surface area contributed by atoms with Crippen molar-refractivity contribution in [1.29, 1.82) is 0 Å². The van der Waals surface area contributed by atoms with Crippen molar-refractivity contribution in [2.75, 3.05) is 105 Å². The first kappa shape index (κ1) is 121. The second-order valence-electron chi connectivity index (χ2n) is 44.5. The average Bonchev–Trinajstić information content (AvgIpc) is 1.86. The van der Waals surface area contributed by atoms with E-state index in [0.29, 0.717) is 67.1 Å². The molecule has 0 radical (unpaired) electrons. The van der Waals surface area contributed by atoms with Gasteiger partial charge in [0.15, 0.2) is 0 Å². The maximum absolute atomic E-state index is 13.4. The van der Waals surface area contributed by atoms with E-state index in [1.54, 1.807) is 20.0 Å². The Morgan fingerprint density at radius 2 is 0.701 bits per heavy atom. The van der Waals surface area contributed by atoms with Crippen LogP contribution in [0.1, 0.15) is 398 Å². The Hall–Kier alpha value is -4.41. The summed E-state index contributed by atoms with van der Waals surface area (Å²) in [5, 5.41) is 15.9. The predicted octanol–water partition coefficient (Wildman–Crippen LogP) is 26.1. The molecule has 13 rings (SSSR count). The fourth-order valence-corrected chi connectivity index (χ4v) is 16.6. The van der Waals surface area contributed by atoms with Crippen LogP contribution in [0.3, 0.4) is 0 Å². The van der Waals surface area contributed by atoms with E-state index < -0.39 is 11.3 Å². The summed E-state index contributed by atoms with van der Waals surface area (Å²) < 4.78 is 36.7. The number of alkyl halides is 2. The van der Waals surface area contributed by atoms with E-state index in [2.05, 4.69) is 328 Å². The largest absolute Gasteiger partial charge is 0.352 e. The molecule has 18 nitrogen and oxygen atoms in total. The second-order valence-corrected chi connectivity index (χ2v) is 44.5. The van der Waals surface area contributed by atoms with Crippen molar-refractivity contribution >= 4 is 0 Å². The molecule has 8 aliphatic rings. The summed E-state index contributed by atoms with van der Waals surface area (Å²) in [4.78, 5) is 24.1. The van der Waals surface area contributed by atoms with Crippen LogP contribution in [0.4, 0.5) is 8.78 Å². The summed E-state index contributed by atoms with van der Waals surface area (Å²) in [7, 11) is 0. The van der Waals surface area contributed by atoms with Gasteiger partial charge in [0.2, 0.25) is 0 Å². The van der Waals surface area contributed by atoms with Gasteiger partial charge in [0.25, 0.3) is 0 Å². The van der Waals surface area contributed by atoms with Crippen LogP contribution in [0.15, 0.2) is 68.0 Å². The normalized spacial score (nSPS) is 22.3. The van der Waals surface area contributed by atoms with E-state index in [-0.39, 0.29) is 0 Å².